The van der Waals surface area contributed by atoms with Crippen LogP contribution in [-0.4, -0.2) is 315 Å². The highest BCUT2D eigenvalue weighted by molar-refractivity contribution is 5.79. The first-order chi connectivity index (χ1) is 44.0. The molecule has 4 saturated carbocycles. The fourth-order valence-electron chi connectivity index (χ4n) is 18.9. The number of hydrogen-bond acceptors (Lipinski definition) is 31. The zero-order chi connectivity index (χ0) is 68.6. The predicted molar refractivity (Wildman–Crippen MR) is 311 cm³/mol. The number of aliphatic hydroxyl groups excluding tert-OH is 17. The first-order valence-electron chi connectivity index (χ1n) is 33.1. The lowest BCUT2D eigenvalue weighted by atomic mass is 9.33. The third kappa shape index (κ3) is 12.1. The molecule has 11 aliphatic rings. The SMILES string of the molecule is CC1OC(OC2C(O)COC(OC3C(C)OC(OC4C(OC(=O)C56CCC(C)(C)CC5C5=CCC7C8(C)CC(O)C(OC9OC(CO)C(O)C(O)C9O)C(C)(CO)C8C(O)CC7(C)C5(C)CC6)OCC(O)C4O)C(O)C3OC3OCC(O)(CO)C3O)C2O)C(O)C(O)C1O. The summed E-state index contributed by atoms with van der Waals surface area (Å²) in [6.07, 6.45) is -40.9. The van der Waals surface area contributed by atoms with Crippen molar-refractivity contribution in [2.45, 2.75) is 284 Å². The molecule has 0 bridgehead atoms. The molecule has 37 atom stereocenters. The molecule has 0 aromatic carbocycles. The van der Waals surface area contributed by atoms with Gasteiger partial charge in [-0.15, -0.1) is 0 Å². The lowest BCUT2D eigenvalue weighted by molar-refractivity contribution is -0.387. The number of rotatable bonds is 15. The molecule has 540 valence electrons. The third-order valence-corrected chi connectivity index (χ3v) is 24.5. The van der Waals surface area contributed by atoms with Gasteiger partial charge in [0.25, 0.3) is 0 Å². The molecule has 5 aliphatic carbocycles. The van der Waals surface area contributed by atoms with E-state index in [9.17, 15) is 91.9 Å². The average molecular weight is 1360 g/mol. The van der Waals surface area contributed by atoms with Crippen molar-refractivity contribution in [3.63, 3.8) is 0 Å². The summed E-state index contributed by atoms with van der Waals surface area (Å²) in [7, 11) is 0. The van der Waals surface area contributed by atoms with E-state index < -0.39 is 262 Å². The first-order valence-corrected chi connectivity index (χ1v) is 33.1. The van der Waals surface area contributed by atoms with Gasteiger partial charge in [-0.1, -0.05) is 53.2 Å². The van der Waals surface area contributed by atoms with Crippen LogP contribution in [0.3, 0.4) is 0 Å². The van der Waals surface area contributed by atoms with Crippen LogP contribution in [0.5, 0.6) is 0 Å². The molecule has 11 rings (SSSR count). The van der Waals surface area contributed by atoms with Crippen molar-refractivity contribution in [2.24, 2.45) is 50.2 Å². The Morgan fingerprint density at radius 2 is 1.12 bits per heavy atom. The van der Waals surface area contributed by atoms with Crippen molar-refractivity contribution in [2.75, 3.05) is 39.6 Å². The Bertz CT molecular complexity index is 2680. The Kier molecular flexibility index (Phi) is 20.9. The second kappa shape index (κ2) is 26.8. The average Bonchev–Trinajstić information content (AvgIpc) is 0.720. The van der Waals surface area contributed by atoms with Crippen molar-refractivity contribution < 1.29 is 154 Å². The highest BCUT2D eigenvalue weighted by Crippen LogP contribution is 2.76. The quantitative estimate of drug-likeness (QED) is 0.0413. The molecule has 0 radical (unpaired) electrons. The summed E-state index contributed by atoms with van der Waals surface area (Å²) in [5, 5.41) is 200. The lowest BCUT2D eigenvalue weighted by Crippen LogP contribution is -2.72. The molecule has 31 heteroatoms. The predicted octanol–water partition coefficient (Wildman–Crippen LogP) is -5.50. The third-order valence-electron chi connectivity index (χ3n) is 24.5. The number of esters is 1. The zero-order valence-corrected chi connectivity index (χ0v) is 54.2. The molecule has 31 nitrogen and oxygen atoms in total. The Hall–Kier alpha value is -1.95. The molecular weight excluding hydrogens is 1250 g/mol. The molecule has 37 unspecified atom stereocenters. The van der Waals surface area contributed by atoms with Gasteiger partial charge in [-0.3, -0.25) is 4.79 Å². The summed E-state index contributed by atoms with van der Waals surface area (Å²) in [4.78, 5) is 15.7. The number of fused-ring (bicyclic) bond motifs is 7. The van der Waals surface area contributed by atoms with Gasteiger partial charge in [0, 0.05) is 11.3 Å². The highest BCUT2D eigenvalue weighted by Gasteiger charge is 2.74. The molecule has 0 spiro atoms. The Labute approximate surface area is 543 Å². The van der Waals surface area contributed by atoms with Crippen molar-refractivity contribution in [3.05, 3.63) is 11.6 Å². The van der Waals surface area contributed by atoms with Gasteiger partial charge in [0.2, 0.25) is 6.29 Å². The zero-order valence-electron chi connectivity index (χ0n) is 54.2. The minimum atomic E-state index is -2.24. The topological polar surface area (TPSA) is 492 Å². The number of allylic oxidation sites excluding steroid dienone is 2. The van der Waals surface area contributed by atoms with E-state index in [1.54, 1.807) is 6.92 Å². The van der Waals surface area contributed by atoms with Crippen LogP contribution < -0.4 is 0 Å². The molecule has 0 aromatic rings. The van der Waals surface area contributed by atoms with Gasteiger partial charge in [0.05, 0.1) is 75.6 Å². The molecule has 6 saturated heterocycles. The van der Waals surface area contributed by atoms with Gasteiger partial charge in [-0.25, -0.2) is 0 Å². The van der Waals surface area contributed by atoms with Gasteiger partial charge >= 0.3 is 5.97 Å². The summed E-state index contributed by atoms with van der Waals surface area (Å²) in [6.45, 7) is 11.1. The summed E-state index contributed by atoms with van der Waals surface area (Å²) in [6, 6.07) is 0. The van der Waals surface area contributed by atoms with E-state index >= 15 is 4.79 Å². The summed E-state index contributed by atoms with van der Waals surface area (Å²) < 4.78 is 72.0. The number of aliphatic hydroxyl groups is 18. The molecule has 18 N–H and O–H groups in total. The molecule has 0 amide bonds. The van der Waals surface area contributed by atoms with E-state index in [1.807, 2.05) is 6.92 Å². The van der Waals surface area contributed by atoms with Gasteiger partial charge in [0.15, 0.2) is 37.6 Å². The molecule has 0 aromatic heterocycles. The van der Waals surface area contributed by atoms with E-state index in [2.05, 4.69) is 33.8 Å². The van der Waals surface area contributed by atoms with Crippen LogP contribution in [0, 0.1) is 50.2 Å². The second-order valence-electron chi connectivity index (χ2n) is 30.8. The standard InChI is InChI=1S/C63H102O31/c1-24-34(71)37(74)39(76)51(86-24)90-44-31(70)20-83-50(41(44)78)89-43-25(2)87-53(42(79)45(43)91-55-48(80)63(82,22-66)23-85-55)92-46-35(72)30(69)19-84-54(46)94-56(81)62-13-11-57(3,4)15-27(62)26-9-10-33-58(5)16-29(68)49(93-52-40(77)38(75)36(73)32(18-64)88-52)59(6,21-65)47(58)28(67)17-61(33,8)60(26,7)12-14-62/h9,24-25,27-55,64-80,82H,10-23H2,1-8H3. The number of carbonyl (C=O) groups excluding carboxylic acids is 1. The highest BCUT2D eigenvalue weighted by atomic mass is 16.8. The maximum absolute atomic E-state index is 15.7. The van der Waals surface area contributed by atoms with Gasteiger partial charge < -0.3 is 149 Å². The minimum absolute atomic E-state index is 0.0766. The van der Waals surface area contributed by atoms with Gasteiger partial charge in [-0.2, -0.15) is 0 Å². The monoisotopic (exact) mass is 1350 g/mol. The van der Waals surface area contributed by atoms with E-state index in [4.69, 9.17) is 56.8 Å². The lowest BCUT2D eigenvalue weighted by Gasteiger charge is -2.72. The van der Waals surface area contributed by atoms with Crippen LogP contribution in [0.4, 0.5) is 0 Å². The van der Waals surface area contributed by atoms with E-state index in [-0.39, 0.29) is 30.6 Å². The molecule has 94 heavy (non-hydrogen) atoms. The molecule has 10 fully saturated rings. The Morgan fingerprint density at radius 3 is 1.78 bits per heavy atom. The van der Waals surface area contributed by atoms with Crippen LogP contribution in [-0.2, 0) is 61.6 Å². The first kappa shape index (κ1) is 73.3. The van der Waals surface area contributed by atoms with Crippen LogP contribution in [0.25, 0.3) is 0 Å². The second-order valence-corrected chi connectivity index (χ2v) is 30.8. The summed E-state index contributed by atoms with van der Waals surface area (Å²) >= 11 is 0. The number of carbonyl (C=O) groups is 1. The maximum atomic E-state index is 15.7. The smallest absolute Gasteiger partial charge is 0.315 e. The fraction of sp³-hybridized carbons (Fsp3) is 0.952. The van der Waals surface area contributed by atoms with E-state index in [0.29, 0.717) is 32.1 Å². The molecular formula is C63H102O31. The summed E-state index contributed by atoms with van der Waals surface area (Å²) in [5.74, 6) is -2.09. The van der Waals surface area contributed by atoms with Crippen molar-refractivity contribution in [1.29, 1.82) is 0 Å². The summed E-state index contributed by atoms with van der Waals surface area (Å²) in [5.41, 5.74) is -6.39. The maximum Gasteiger partial charge on any atom is 0.315 e. The van der Waals surface area contributed by atoms with Crippen LogP contribution in [0.1, 0.15) is 107 Å². The van der Waals surface area contributed by atoms with Crippen molar-refractivity contribution >= 4 is 5.97 Å². The van der Waals surface area contributed by atoms with E-state index in [0.717, 1.165) is 5.57 Å². The van der Waals surface area contributed by atoms with Crippen LogP contribution in [0.2, 0.25) is 0 Å². The number of hydrogen-bond donors (Lipinski definition) is 18. The van der Waals surface area contributed by atoms with E-state index in [1.165, 1.54) is 13.8 Å². The Morgan fingerprint density at radius 1 is 0.532 bits per heavy atom. The largest absolute Gasteiger partial charge is 0.432 e. The Balaban J connectivity index is 0.838. The molecule has 6 aliphatic heterocycles. The van der Waals surface area contributed by atoms with Crippen molar-refractivity contribution in [1.82, 2.24) is 0 Å². The fourth-order valence-corrected chi connectivity index (χ4v) is 18.9. The number of ether oxygens (including phenoxy) is 12. The van der Waals surface area contributed by atoms with Crippen LogP contribution >= 0.6 is 0 Å². The van der Waals surface area contributed by atoms with Gasteiger partial charge in [-0.05, 0) is 98.7 Å². The van der Waals surface area contributed by atoms with Crippen LogP contribution in [0.15, 0.2) is 11.6 Å². The van der Waals surface area contributed by atoms with Gasteiger partial charge in [0.1, 0.15) is 103 Å². The van der Waals surface area contributed by atoms with Crippen molar-refractivity contribution in [3.8, 4) is 0 Å². The normalized spacial score (nSPS) is 55.9. The minimum Gasteiger partial charge on any atom is -0.432 e. The molecule has 6 heterocycles.